The maximum atomic E-state index is 3.12. The zero-order valence-electron chi connectivity index (χ0n) is 6.14. The van der Waals surface area contributed by atoms with Gasteiger partial charge in [0.15, 0.2) is 0 Å². The largest absolute Gasteiger partial charge is 0.131 e. The first-order valence-electron chi connectivity index (χ1n) is 4.55. The second kappa shape index (κ2) is 1.04. The van der Waals surface area contributed by atoms with Crippen LogP contribution in [0.1, 0.15) is 25.7 Å². The monoisotopic (exact) mass is 152 g/mol. The molecular formula is C9H13P. The highest BCUT2D eigenvalue weighted by Crippen LogP contribution is 2.89. The van der Waals surface area contributed by atoms with E-state index in [0.717, 1.165) is 10.6 Å². The van der Waals surface area contributed by atoms with E-state index in [2.05, 4.69) is 9.24 Å². The average molecular weight is 152 g/mol. The van der Waals surface area contributed by atoms with Gasteiger partial charge in [-0.1, -0.05) is 0 Å². The van der Waals surface area contributed by atoms with Crippen LogP contribution in [0.25, 0.3) is 0 Å². The maximum Gasteiger partial charge on any atom is -0.0113 e. The van der Waals surface area contributed by atoms with Crippen LogP contribution in [0, 0.1) is 23.2 Å². The summed E-state index contributed by atoms with van der Waals surface area (Å²) >= 11 is 0. The van der Waals surface area contributed by atoms with Gasteiger partial charge in [0.25, 0.3) is 0 Å². The molecule has 0 N–H and O–H groups in total. The summed E-state index contributed by atoms with van der Waals surface area (Å²) in [6.07, 6.45) is 6.33. The minimum Gasteiger partial charge on any atom is -0.131 e. The van der Waals surface area contributed by atoms with Gasteiger partial charge < -0.3 is 0 Å². The number of hydrogen-bond donors (Lipinski definition) is 0. The second-order valence-electron chi connectivity index (χ2n) is 5.11. The minimum absolute atomic E-state index is 0.795. The Labute approximate surface area is 64.0 Å². The molecule has 10 heavy (non-hydrogen) atoms. The molecule has 0 saturated heterocycles. The van der Waals surface area contributed by atoms with Crippen molar-refractivity contribution in [2.75, 3.05) is 0 Å². The molecule has 0 aliphatic heterocycles. The number of hydrogen-bond acceptors (Lipinski definition) is 0. The van der Waals surface area contributed by atoms with Crippen molar-refractivity contribution in [3.63, 3.8) is 0 Å². The van der Waals surface area contributed by atoms with E-state index in [-0.39, 0.29) is 0 Å². The Kier molecular flexibility index (Phi) is 0.533. The molecule has 4 rings (SSSR count). The van der Waals surface area contributed by atoms with Crippen LogP contribution in [0.2, 0.25) is 0 Å². The third-order valence-corrected chi connectivity index (χ3v) is 5.67. The summed E-state index contributed by atoms with van der Waals surface area (Å²) in [5, 5.41) is 0.795. The Balaban J connectivity index is 1.78. The van der Waals surface area contributed by atoms with Crippen molar-refractivity contribution in [3.8, 4) is 0 Å². The summed E-state index contributed by atoms with van der Waals surface area (Å²) in [5.41, 5.74) is 0.987. The molecule has 54 valence electrons. The van der Waals surface area contributed by atoms with Crippen LogP contribution in [0.3, 0.4) is 0 Å². The predicted octanol–water partition coefficient (Wildman–Crippen LogP) is 2.05. The lowest BCUT2D eigenvalue weighted by Crippen LogP contribution is -2.00. The topological polar surface area (TPSA) is 0 Å². The summed E-state index contributed by atoms with van der Waals surface area (Å²) in [4.78, 5) is 0. The quantitative estimate of drug-likeness (QED) is 0.466. The van der Waals surface area contributed by atoms with Crippen LogP contribution in [-0.4, -0.2) is 5.16 Å². The van der Waals surface area contributed by atoms with Gasteiger partial charge in [0, 0.05) is 0 Å². The van der Waals surface area contributed by atoms with Gasteiger partial charge in [-0.25, -0.2) is 0 Å². The molecule has 0 aromatic carbocycles. The molecule has 4 saturated carbocycles. The van der Waals surface area contributed by atoms with Gasteiger partial charge in [-0.15, -0.1) is 9.24 Å². The zero-order chi connectivity index (χ0) is 6.56. The SMILES string of the molecule is PC12CC1C1C(C2)C12CC2. The fraction of sp³-hybridized carbons (Fsp3) is 1.00. The van der Waals surface area contributed by atoms with E-state index >= 15 is 0 Å². The molecule has 5 atom stereocenters. The van der Waals surface area contributed by atoms with Gasteiger partial charge in [-0.3, -0.25) is 0 Å². The molecule has 0 nitrogen and oxygen atoms in total. The molecule has 4 fully saturated rings. The van der Waals surface area contributed by atoms with Crippen LogP contribution in [0.5, 0.6) is 0 Å². The first-order chi connectivity index (χ1) is 4.76. The van der Waals surface area contributed by atoms with Gasteiger partial charge in [-0.2, -0.15) is 0 Å². The van der Waals surface area contributed by atoms with E-state index in [1.165, 1.54) is 17.8 Å². The minimum atomic E-state index is 0.795. The van der Waals surface area contributed by atoms with E-state index in [1.54, 1.807) is 25.7 Å². The predicted molar refractivity (Wildman–Crippen MR) is 43.8 cm³/mol. The van der Waals surface area contributed by atoms with Crippen molar-refractivity contribution in [2.24, 2.45) is 23.2 Å². The van der Waals surface area contributed by atoms with E-state index < -0.39 is 0 Å². The lowest BCUT2D eigenvalue weighted by molar-refractivity contribution is 0.582. The number of fused-ring (bicyclic) bond motifs is 5. The summed E-state index contributed by atoms with van der Waals surface area (Å²) in [6.45, 7) is 0. The molecule has 5 unspecified atom stereocenters. The highest BCUT2D eigenvalue weighted by Gasteiger charge is 2.83. The van der Waals surface area contributed by atoms with Crippen LogP contribution in [0.15, 0.2) is 0 Å². The lowest BCUT2D eigenvalue weighted by Gasteiger charge is -2.05. The van der Waals surface area contributed by atoms with Crippen molar-refractivity contribution in [1.82, 2.24) is 0 Å². The average Bonchev–Trinajstić information content (AvgIpc) is 2.77. The molecule has 4 aliphatic rings. The summed E-state index contributed by atoms with van der Waals surface area (Å²) in [6, 6.07) is 0. The standard InChI is InChI=1S/C9H13P/c10-9-3-5-7(6(9)4-9)8(5)1-2-8/h5-7H,1-4,10H2. The van der Waals surface area contributed by atoms with Gasteiger partial charge in [0.2, 0.25) is 0 Å². The molecule has 1 heteroatoms. The molecule has 1 spiro atoms. The third kappa shape index (κ3) is 0.332. The van der Waals surface area contributed by atoms with Crippen molar-refractivity contribution in [1.29, 1.82) is 0 Å². The van der Waals surface area contributed by atoms with Gasteiger partial charge in [0.1, 0.15) is 0 Å². The summed E-state index contributed by atoms with van der Waals surface area (Å²) in [5.74, 6) is 3.61. The van der Waals surface area contributed by atoms with E-state index in [0.29, 0.717) is 0 Å². The van der Waals surface area contributed by atoms with Crippen LogP contribution in [0.4, 0.5) is 0 Å². The third-order valence-electron chi connectivity index (χ3n) is 4.77. The molecular weight excluding hydrogens is 139 g/mol. The van der Waals surface area contributed by atoms with Crippen LogP contribution in [-0.2, 0) is 0 Å². The Morgan fingerprint density at radius 1 is 1.10 bits per heavy atom. The summed E-state index contributed by atoms with van der Waals surface area (Å²) in [7, 11) is 3.12. The fourth-order valence-electron chi connectivity index (χ4n) is 3.95. The smallest absolute Gasteiger partial charge is 0.0113 e. The molecule has 0 aromatic heterocycles. The molecule has 0 aromatic rings. The zero-order valence-corrected chi connectivity index (χ0v) is 7.29. The molecule has 0 heterocycles. The first kappa shape index (κ1) is 5.14. The number of rotatable bonds is 0. The Bertz CT molecular complexity index is 229. The first-order valence-corrected chi connectivity index (χ1v) is 5.13. The Morgan fingerprint density at radius 3 is 2.30 bits per heavy atom. The fourth-order valence-corrected chi connectivity index (χ4v) is 4.67. The highest BCUT2D eigenvalue weighted by molar-refractivity contribution is 7.19. The van der Waals surface area contributed by atoms with Gasteiger partial charge in [-0.05, 0) is 54.0 Å². The van der Waals surface area contributed by atoms with Crippen LogP contribution >= 0.6 is 9.24 Å². The molecule has 0 radical (unpaired) electrons. The highest BCUT2D eigenvalue weighted by atomic mass is 31.0. The normalized spacial score (nSPS) is 71.1. The molecule has 0 bridgehead atoms. The van der Waals surface area contributed by atoms with E-state index in [4.69, 9.17) is 0 Å². The maximum absolute atomic E-state index is 3.12. The lowest BCUT2D eigenvalue weighted by atomic mass is 10.1. The van der Waals surface area contributed by atoms with Crippen molar-refractivity contribution >= 4 is 9.24 Å². The second-order valence-corrected chi connectivity index (χ2v) is 6.26. The van der Waals surface area contributed by atoms with E-state index in [9.17, 15) is 0 Å². The van der Waals surface area contributed by atoms with E-state index in [1.807, 2.05) is 0 Å². The Morgan fingerprint density at radius 2 is 1.80 bits per heavy atom. The van der Waals surface area contributed by atoms with Gasteiger partial charge in [0.05, 0.1) is 0 Å². The van der Waals surface area contributed by atoms with Gasteiger partial charge >= 0.3 is 0 Å². The van der Waals surface area contributed by atoms with Crippen molar-refractivity contribution in [2.45, 2.75) is 30.8 Å². The summed E-state index contributed by atoms with van der Waals surface area (Å²) < 4.78 is 0. The van der Waals surface area contributed by atoms with Crippen molar-refractivity contribution < 1.29 is 0 Å². The van der Waals surface area contributed by atoms with Crippen molar-refractivity contribution in [3.05, 3.63) is 0 Å². The molecule has 0 amide bonds. The molecule has 4 aliphatic carbocycles. The Hall–Kier alpha value is 0.430. The van der Waals surface area contributed by atoms with Crippen LogP contribution < -0.4 is 0 Å².